The Kier molecular flexibility index (Phi) is 5.02. The van der Waals surface area contributed by atoms with Crippen molar-refractivity contribution in [2.75, 3.05) is 6.54 Å². The SMILES string of the molecule is Cc1cc(-c2ccc(F)cc2)cc([C@H]2CCCN2C(=O)Cc2c[nH]c3ccccc23)n1. The number of nitrogens with zero attached hydrogens (tertiary/aromatic N) is 2. The number of aryl methyl sites for hydroxylation is 1. The van der Waals surface area contributed by atoms with E-state index >= 15 is 0 Å². The second-order valence-corrected chi connectivity index (χ2v) is 8.21. The van der Waals surface area contributed by atoms with Crippen LogP contribution in [0.2, 0.25) is 0 Å². The summed E-state index contributed by atoms with van der Waals surface area (Å²) in [4.78, 5) is 23.2. The van der Waals surface area contributed by atoms with E-state index in [9.17, 15) is 9.18 Å². The Labute approximate surface area is 180 Å². The Hall–Kier alpha value is -3.47. The molecule has 31 heavy (non-hydrogen) atoms. The normalized spacial score (nSPS) is 16.2. The predicted molar refractivity (Wildman–Crippen MR) is 120 cm³/mol. The van der Waals surface area contributed by atoms with Gasteiger partial charge in [-0.25, -0.2) is 4.39 Å². The number of aromatic amines is 1. The molecule has 1 saturated heterocycles. The molecule has 5 heteroatoms. The Morgan fingerprint density at radius 3 is 2.77 bits per heavy atom. The summed E-state index contributed by atoms with van der Waals surface area (Å²) >= 11 is 0. The summed E-state index contributed by atoms with van der Waals surface area (Å²) in [7, 11) is 0. The second kappa shape index (κ2) is 7.99. The molecular weight excluding hydrogens is 389 g/mol. The maximum Gasteiger partial charge on any atom is 0.227 e. The monoisotopic (exact) mass is 413 g/mol. The number of benzene rings is 2. The van der Waals surface area contributed by atoms with Gasteiger partial charge in [0.15, 0.2) is 0 Å². The molecule has 0 aliphatic carbocycles. The summed E-state index contributed by atoms with van der Waals surface area (Å²) in [6.45, 7) is 2.71. The van der Waals surface area contributed by atoms with E-state index < -0.39 is 0 Å². The standard InChI is InChI=1S/C26H24FN3O/c1-17-13-19(18-8-10-21(27)11-9-18)14-24(29-17)25-7-4-12-30(25)26(31)15-20-16-28-23-6-3-2-5-22(20)23/h2-3,5-6,8-11,13-14,16,25,28H,4,7,12,15H2,1H3/t25-/m1/s1. The zero-order chi connectivity index (χ0) is 21.4. The van der Waals surface area contributed by atoms with Crippen molar-refractivity contribution in [3.05, 3.63) is 89.6 Å². The number of rotatable bonds is 4. The van der Waals surface area contributed by atoms with E-state index in [2.05, 4.69) is 4.98 Å². The lowest BCUT2D eigenvalue weighted by Crippen LogP contribution is -2.32. The number of para-hydroxylation sites is 1. The lowest BCUT2D eigenvalue weighted by atomic mass is 10.0. The van der Waals surface area contributed by atoms with Gasteiger partial charge < -0.3 is 9.88 Å². The molecule has 0 spiro atoms. The van der Waals surface area contributed by atoms with E-state index in [1.165, 1.54) is 12.1 Å². The highest BCUT2D eigenvalue weighted by atomic mass is 19.1. The molecule has 0 saturated carbocycles. The first-order chi connectivity index (χ1) is 15.1. The minimum absolute atomic E-state index is 0.0307. The number of likely N-dealkylation sites (tertiary alicyclic amines) is 1. The van der Waals surface area contributed by atoms with Crippen molar-refractivity contribution in [3.63, 3.8) is 0 Å². The van der Waals surface area contributed by atoms with Crippen molar-refractivity contribution >= 4 is 16.8 Å². The smallest absolute Gasteiger partial charge is 0.227 e. The van der Waals surface area contributed by atoms with Crippen molar-refractivity contribution in [1.29, 1.82) is 0 Å². The minimum Gasteiger partial charge on any atom is -0.361 e. The fourth-order valence-corrected chi connectivity index (χ4v) is 4.59. The Morgan fingerprint density at radius 2 is 1.94 bits per heavy atom. The van der Waals surface area contributed by atoms with Crippen LogP contribution in [-0.4, -0.2) is 27.3 Å². The zero-order valence-corrected chi connectivity index (χ0v) is 17.4. The summed E-state index contributed by atoms with van der Waals surface area (Å²) < 4.78 is 13.3. The first-order valence-electron chi connectivity index (χ1n) is 10.7. The van der Waals surface area contributed by atoms with Crippen molar-refractivity contribution < 1.29 is 9.18 Å². The van der Waals surface area contributed by atoms with Crippen LogP contribution in [0.25, 0.3) is 22.0 Å². The van der Waals surface area contributed by atoms with Gasteiger partial charge in [0, 0.05) is 29.3 Å². The van der Waals surface area contributed by atoms with Crippen LogP contribution in [-0.2, 0) is 11.2 Å². The first-order valence-corrected chi connectivity index (χ1v) is 10.7. The highest BCUT2D eigenvalue weighted by molar-refractivity contribution is 5.89. The summed E-state index contributed by atoms with van der Waals surface area (Å²) in [5, 5.41) is 1.10. The molecule has 0 bridgehead atoms. The maximum atomic E-state index is 13.3. The van der Waals surface area contributed by atoms with Gasteiger partial charge in [0.25, 0.3) is 0 Å². The number of fused-ring (bicyclic) bond motifs is 1. The molecule has 1 amide bonds. The third-order valence-electron chi connectivity index (χ3n) is 6.08. The lowest BCUT2D eigenvalue weighted by Gasteiger charge is -2.25. The fourth-order valence-electron chi connectivity index (χ4n) is 4.59. The molecular formula is C26H24FN3O. The van der Waals surface area contributed by atoms with Gasteiger partial charge in [-0.3, -0.25) is 9.78 Å². The van der Waals surface area contributed by atoms with E-state index in [0.29, 0.717) is 6.42 Å². The minimum atomic E-state index is -0.250. The second-order valence-electron chi connectivity index (χ2n) is 8.21. The third-order valence-corrected chi connectivity index (χ3v) is 6.08. The lowest BCUT2D eigenvalue weighted by molar-refractivity contribution is -0.131. The number of carbonyl (C=O) groups is 1. The highest BCUT2D eigenvalue weighted by Gasteiger charge is 2.31. The van der Waals surface area contributed by atoms with Gasteiger partial charge in [-0.1, -0.05) is 30.3 Å². The first kappa shape index (κ1) is 19.5. The van der Waals surface area contributed by atoms with Crippen LogP contribution < -0.4 is 0 Å². The zero-order valence-electron chi connectivity index (χ0n) is 17.4. The largest absolute Gasteiger partial charge is 0.361 e. The molecule has 1 aliphatic heterocycles. The number of nitrogens with one attached hydrogen (secondary N) is 1. The molecule has 0 radical (unpaired) electrons. The van der Waals surface area contributed by atoms with Gasteiger partial charge in [-0.05, 0) is 66.8 Å². The number of halogens is 1. The van der Waals surface area contributed by atoms with Crippen molar-refractivity contribution in [3.8, 4) is 11.1 Å². The van der Waals surface area contributed by atoms with Gasteiger partial charge in [-0.2, -0.15) is 0 Å². The third kappa shape index (κ3) is 3.83. The molecule has 4 nitrogen and oxygen atoms in total. The average molecular weight is 413 g/mol. The molecule has 4 aromatic rings. The number of H-pyrrole nitrogens is 1. The van der Waals surface area contributed by atoms with Gasteiger partial charge >= 0.3 is 0 Å². The predicted octanol–water partition coefficient (Wildman–Crippen LogP) is 5.58. The van der Waals surface area contributed by atoms with Crippen molar-refractivity contribution in [2.45, 2.75) is 32.2 Å². The molecule has 1 N–H and O–H groups in total. The Balaban J connectivity index is 1.42. The molecule has 156 valence electrons. The van der Waals surface area contributed by atoms with Gasteiger partial charge in [-0.15, -0.1) is 0 Å². The fraction of sp³-hybridized carbons (Fsp3) is 0.231. The molecule has 2 aromatic carbocycles. The molecule has 5 rings (SSSR count). The van der Waals surface area contributed by atoms with Crippen LogP contribution in [0.3, 0.4) is 0 Å². The van der Waals surface area contributed by atoms with Crippen LogP contribution >= 0.6 is 0 Å². The summed E-state index contributed by atoms with van der Waals surface area (Å²) in [6.07, 6.45) is 4.17. The molecule has 1 fully saturated rings. The van der Waals surface area contributed by atoms with Crippen LogP contribution in [0, 0.1) is 12.7 Å². The number of pyridine rings is 1. The topological polar surface area (TPSA) is 49.0 Å². The van der Waals surface area contributed by atoms with Crippen molar-refractivity contribution in [1.82, 2.24) is 14.9 Å². The number of aromatic nitrogens is 2. The Morgan fingerprint density at radius 1 is 1.13 bits per heavy atom. The Bertz CT molecular complexity index is 1250. The maximum absolute atomic E-state index is 13.3. The summed E-state index contributed by atoms with van der Waals surface area (Å²) in [6, 6.07) is 18.6. The number of amides is 1. The van der Waals surface area contributed by atoms with Gasteiger partial charge in [0.2, 0.25) is 5.91 Å². The van der Waals surface area contributed by atoms with E-state index in [4.69, 9.17) is 4.98 Å². The highest BCUT2D eigenvalue weighted by Crippen LogP contribution is 2.34. The quantitative estimate of drug-likeness (QED) is 0.475. The molecule has 1 atom stereocenters. The van der Waals surface area contributed by atoms with Gasteiger partial charge in [0.1, 0.15) is 5.82 Å². The molecule has 0 unspecified atom stereocenters. The molecule has 3 heterocycles. The van der Waals surface area contributed by atoms with Crippen LogP contribution in [0.15, 0.2) is 66.9 Å². The summed E-state index contributed by atoms with van der Waals surface area (Å²) in [5.74, 6) is -0.126. The number of hydrogen-bond acceptors (Lipinski definition) is 2. The van der Waals surface area contributed by atoms with E-state index in [-0.39, 0.29) is 17.8 Å². The molecule has 1 aliphatic rings. The number of carbonyl (C=O) groups excluding carboxylic acids is 1. The van der Waals surface area contributed by atoms with E-state index in [1.807, 2.05) is 54.4 Å². The van der Waals surface area contributed by atoms with E-state index in [1.54, 1.807) is 12.1 Å². The summed E-state index contributed by atoms with van der Waals surface area (Å²) in [5.41, 5.74) is 5.82. The van der Waals surface area contributed by atoms with Crippen LogP contribution in [0.4, 0.5) is 4.39 Å². The van der Waals surface area contributed by atoms with Crippen molar-refractivity contribution in [2.24, 2.45) is 0 Å². The van der Waals surface area contributed by atoms with Crippen LogP contribution in [0.1, 0.15) is 35.8 Å². The van der Waals surface area contributed by atoms with E-state index in [0.717, 1.165) is 58.4 Å². The number of hydrogen-bond donors (Lipinski definition) is 1. The van der Waals surface area contributed by atoms with Gasteiger partial charge in [0.05, 0.1) is 18.2 Å². The van der Waals surface area contributed by atoms with Crippen LogP contribution in [0.5, 0.6) is 0 Å². The molecule has 2 aromatic heterocycles. The average Bonchev–Trinajstić information content (AvgIpc) is 3.42.